The van der Waals surface area contributed by atoms with Crippen LogP contribution < -0.4 is 9.46 Å². The second-order valence-corrected chi connectivity index (χ2v) is 10.9. The Labute approximate surface area is 158 Å². The fourth-order valence-electron chi connectivity index (χ4n) is 2.35. The molecule has 0 heterocycles. The van der Waals surface area contributed by atoms with Crippen molar-refractivity contribution >= 4 is 36.3 Å². The van der Waals surface area contributed by atoms with Crippen LogP contribution in [0.3, 0.4) is 0 Å². The topological polar surface area (TPSA) is 89.5 Å². The molecule has 0 saturated heterocycles. The summed E-state index contributed by atoms with van der Waals surface area (Å²) in [4.78, 5) is 24.3. The molecule has 1 N–H and O–H groups in total. The van der Waals surface area contributed by atoms with E-state index in [9.17, 15) is 18.0 Å². The van der Waals surface area contributed by atoms with Gasteiger partial charge in [-0.2, -0.15) is 0 Å². The average Bonchev–Trinajstić information content (AvgIpc) is 3.45. The maximum absolute atomic E-state index is 12.4. The molecule has 1 atom stereocenters. The minimum atomic E-state index is -4.04. The zero-order valence-electron chi connectivity index (χ0n) is 14.1. The molecule has 3 rings (SSSR count). The number of hydrogen-bond acceptors (Lipinski definition) is 5. The molecule has 0 aromatic heterocycles. The molecule has 136 valence electrons. The zero-order chi connectivity index (χ0) is 18.7. The number of sulfonamides is 1. The number of rotatable bonds is 7. The number of nitrogens with one attached hydrogen (secondary N) is 1. The van der Waals surface area contributed by atoms with E-state index in [0.29, 0.717) is 10.3 Å². The first-order valence-electron chi connectivity index (χ1n) is 8.02. The van der Waals surface area contributed by atoms with E-state index in [-0.39, 0.29) is 20.8 Å². The van der Waals surface area contributed by atoms with Crippen molar-refractivity contribution in [1.29, 1.82) is 0 Å². The van der Waals surface area contributed by atoms with Crippen molar-refractivity contribution in [3.05, 3.63) is 59.7 Å². The second kappa shape index (κ2) is 7.64. The van der Waals surface area contributed by atoms with E-state index < -0.39 is 31.7 Å². The fourth-order valence-corrected chi connectivity index (χ4v) is 5.75. The minimum absolute atomic E-state index is 0.0660. The van der Waals surface area contributed by atoms with Crippen LogP contribution >= 0.6 is 0 Å². The molecule has 6 nitrogen and oxygen atoms in total. The van der Waals surface area contributed by atoms with Gasteiger partial charge in [0.15, 0.2) is 0 Å². The molecule has 1 unspecified atom stereocenters. The maximum atomic E-state index is 12.4. The molecule has 0 aliphatic heterocycles. The van der Waals surface area contributed by atoms with E-state index in [4.69, 9.17) is 4.74 Å². The van der Waals surface area contributed by atoms with Gasteiger partial charge in [-0.25, -0.2) is 0 Å². The first-order chi connectivity index (χ1) is 12.4. The second-order valence-electron chi connectivity index (χ2n) is 5.91. The summed E-state index contributed by atoms with van der Waals surface area (Å²) in [5.74, 6) is -0.492. The van der Waals surface area contributed by atoms with Gasteiger partial charge < -0.3 is 0 Å². The first kappa shape index (κ1) is 18.7. The van der Waals surface area contributed by atoms with Crippen molar-refractivity contribution in [1.82, 2.24) is 4.72 Å². The summed E-state index contributed by atoms with van der Waals surface area (Å²) in [6.07, 6.45) is 2.26. The Balaban J connectivity index is 1.75. The number of carbonyl (C=O) groups is 2. The van der Waals surface area contributed by atoms with Gasteiger partial charge >= 0.3 is 159 Å². The number of ether oxygens (including phenoxy) is 1. The molecule has 1 fully saturated rings. The molecule has 1 aliphatic rings. The van der Waals surface area contributed by atoms with Gasteiger partial charge in [-0.15, -0.1) is 0 Å². The molecule has 2 aromatic rings. The van der Waals surface area contributed by atoms with Crippen LogP contribution in [0.1, 0.15) is 33.6 Å². The zero-order valence-corrected chi connectivity index (χ0v) is 17.0. The summed E-state index contributed by atoms with van der Waals surface area (Å²) in [6.45, 7) is 0. The number of amides is 1. The average molecular weight is 435 g/mol. The quantitative estimate of drug-likeness (QED) is 0.672. The Kier molecular flexibility index (Phi) is 5.49. The van der Waals surface area contributed by atoms with E-state index in [1.54, 1.807) is 18.2 Å². The van der Waals surface area contributed by atoms with Crippen molar-refractivity contribution in [2.24, 2.45) is 0 Å². The molecule has 0 bridgehead atoms. The van der Waals surface area contributed by atoms with Gasteiger partial charge in [-0.1, -0.05) is 0 Å². The molecule has 1 saturated carbocycles. The van der Waals surface area contributed by atoms with Crippen LogP contribution in [0.4, 0.5) is 0 Å². The number of carbonyl (C=O) groups excluding carboxylic acids is 2. The Bertz CT molecular complexity index is 936. The SMILES string of the molecule is COc1ccccc1C(=O)NS(=O)(=O)c1ccc(C(=O)[AsH]C2CC2)cc1. The van der Waals surface area contributed by atoms with Gasteiger partial charge in [0.25, 0.3) is 0 Å². The first-order valence-corrected chi connectivity index (χ1v) is 11.8. The summed E-state index contributed by atoms with van der Waals surface area (Å²) in [6, 6.07) is 12.1. The molecule has 1 aliphatic carbocycles. The van der Waals surface area contributed by atoms with Crippen LogP contribution in [0.2, 0.25) is 4.71 Å². The van der Waals surface area contributed by atoms with Crippen LogP contribution in [0.25, 0.3) is 0 Å². The van der Waals surface area contributed by atoms with Gasteiger partial charge in [0.1, 0.15) is 0 Å². The molecular weight excluding hydrogens is 417 g/mol. The van der Waals surface area contributed by atoms with Crippen LogP contribution in [-0.4, -0.2) is 41.8 Å². The number of hydrogen-bond donors (Lipinski definition) is 1. The molecule has 0 spiro atoms. The van der Waals surface area contributed by atoms with Crippen molar-refractivity contribution < 1.29 is 22.7 Å². The third kappa shape index (κ3) is 4.34. The van der Waals surface area contributed by atoms with E-state index in [1.165, 1.54) is 37.4 Å². The normalized spacial score (nSPS) is 14.3. The third-order valence-corrected chi connectivity index (χ3v) is 8.49. The predicted molar refractivity (Wildman–Crippen MR) is 98.6 cm³/mol. The molecular formula is C18H18AsNO5S. The number of benzene rings is 2. The molecule has 0 radical (unpaired) electrons. The van der Waals surface area contributed by atoms with Gasteiger partial charge in [0.2, 0.25) is 0 Å². The third-order valence-electron chi connectivity index (χ3n) is 3.92. The van der Waals surface area contributed by atoms with Crippen LogP contribution in [-0.2, 0) is 10.0 Å². The van der Waals surface area contributed by atoms with Crippen molar-refractivity contribution in [3.8, 4) is 5.75 Å². The van der Waals surface area contributed by atoms with E-state index in [0.717, 1.165) is 12.8 Å². The van der Waals surface area contributed by atoms with Crippen LogP contribution in [0.5, 0.6) is 5.75 Å². The fraction of sp³-hybridized carbons (Fsp3) is 0.222. The predicted octanol–water partition coefficient (Wildman–Crippen LogP) is 1.97. The monoisotopic (exact) mass is 435 g/mol. The van der Waals surface area contributed by atoms with Crippen LogP contribution in [0.15, 0.2) is 53.4 Å². The van der Waals surface area contributed by atoms with Crippen LogP contribution in [0, 0.1) is 0 Å². The number of methoxy groups -OCH3 is 1. The molecule has 2 aromatic carbocycles. The summed E-state index contributed by atoms with van der Waals surface area (Å²) >= 11 is -0.666. The number of para-hydroxylation sites is 1. The summed E-state index contributed by atoms with van der Waals surface area (Å²) in [5, 5.41) is 0. The van der Waals surface area contributed by atoms with Crippen molar-refractivity contribution in [3.63, 3.8) is 0 Å². The molecule has 26 heavy (non-hydrogen) atoms. The summed E-state index contributed by atoms with van der Waals surface area (Å²) in [7, 11) is -2.64. The molecule has 8 heteroatoms. The van der Waals surface area contributed by atoms with Gasteiger partial charge in [0.05, 0.1) is 0 Å². The van der Waals surface area contributed by atoms with E-state index in [2.05, 4.69) is 0 Å². The Morgan fingerprint density at radius 2 is 1.73 bits per heavy atom. The van der Waals surface area contributed by atoms with Gasteiger partial charge in [-0.05, 0) is 0 Å². The van der Waals surface area contributed by atoms with Crippen molar-refractivity contribution in [2.75, 3.05) is 7.11 Å². The Morgan fingerprint density at radius 3 is 2.35 bits per heavy atom. The summed E-state index contributed by atoms with van der Waals surface area (Å²) in [5.41, 5.74) is 0.659. The van der Waals surface area contributed by atoms with Gasteiger partial charge in [-0.3, -0.25) is 0 Å². The van der Waals surface area contributed by atoms with Crippen molar-refractivity contribution in [2.45, 2.75) is 22.4 Å². The summed E-state index contributed by atoms with van der Waals surface area (Å²) < 4.78 is 32.7. The van der Waals surface area contributed by atoms with Gasteiger partial charge in [0, 0.05) is 0 Å². The standard InChI is InChI=1S/C18H18AsNO5S/c1-25-16-5-3-2-4-15(16)18(22)20-26(23,24)14-10-6-12(7-11-14)17(21)19-13-8-9-13/h2-7,10-11,13,19H,8-9H2,1H3,(H,20,22). The Morgan fingerprint density at radius 1 is 1.08 bits per heavy atom. The Hall–Kier alpha value is -2.11. The van der Waals surface area contributed by atoms with E-state index >= 15 is 0 Å². The molecule has 1 amide bonds. The van der Waals surface area contributed by atoms with E-state index in [1.807, 2.05) is 4.72 Å².